The average molecular weight is 402 g/mol. The Morgan fingerprint density at radius 2 is 2.08 bits per heavy atom. The smallest absolute Gasteiger partial charge is 0.250 e. The lowest BCUT2D eigenvalue weighted by Crippen LogP contribution is -2.43. The molecule has 136 valence electrons. The predicted octanol–water partition coefficient (Wildman–Crippen LogP) is 1.52. The molecule has 25 heavy (non-hydrogen) atoms. The molecule has 0 amide bonds. The SMILES string of the molecule is O=S(=O)(NC[C@@H]1CCCN(S(=O)(=O)c2cccnc2)C1)c1cccs1. The minimum Gasteiger partial charge on any atom is -0.263 e. The van der Waals surface area contributed by atoms with Gasteiger partial charge in [0.2, 0.25) is 20.0 Å². The lowest BCUT2D eigenvalue weighted by molar-refractivity contribution is 0.267. The Balaban J connectivity index is 1.66. The number of thiophene rings is 1. The van der Waals surface area contributed by atoms with Crippen LogP contribution in [0, 0.1) is 5.92 Å². The van der Waals surface area contributed by atoms with Crippen molar-refractivity contribution in [2.75, 3.05) is 19.6 Å². The molecule has 1 aliphatic heterocycles. The topological polar surface area (TPSA) is 96.4 Å². The van der Waals surface area contributed by atoms with Crippen LogP contribution in [-0.4, -0.2) is 45.8 Å². The van der Waals surface area contributed by atoms with E-state index < -0.39 is 20.0 Å². The van der Waals surface area contributed by atoms with Crippen molar-refractivity contribution in [2.45, 2.75) is 21.9 Å². The van der Waals surface area contributed by atoms with Crippen LogP contribution in [0.25, 0.3) is 0 Å². The molecule has 0 unspecified atom stereocenters. The largest absolute Gasteiger partial charge is 0.263 e. The molecule has 3 heterocycles. The number of rotatable bonds is 6. The molecule has 10 heteroatoms. The molecule has 0 saturated carbocycles. The van der Waals surface area contributed by atoms with Crippen molar-refractivity contribution in [3.63, 3.8) is 0 Å². The van der Waals surface area contributed by atoms with Gasteiger partial charge < -0.3 is 0 Å². The van der Waals surface area contributed by atoms with Gasteiger partial charge in [-0.1, -0.05) is 6.07 Å². The van der Waals surface area contributed by atoms with Crippen molar-refractivity contribution < 1.29 is 16.8 Å². The maximum atomic E-state index is 12.7. The van der Waals surface area contributed by atoms with E-state index in [2.05, 4.69) is 9.71 Å². The monoisotopic (exact) mass is 401 g/mol. The first-order valence-electron chi connectivity index (χ1n) is 7.83. The lowest BCUT2D eigenvalue weighted by atomic mass is 10.0. The van der Waals surface area contributed by atoms with Gasteiger partial charge in [0.25, 0.3) is 0 Å². The third kappa shape index (κ3) is 4.26. The Labute approximate surface area is 151 Å². The minimum atomic E-state index is -3.60. The third-order valence-electron chi connectivity index (χ3n) is 4.08. The van der Waals surface area contributed by atoms with Crippen molar-refractivity contribution in [1.82, 2.24) is 14.0 Å². The van der Waals surface area contributed by atoms with E-state index in [4.69, 9.17) is 0 Å². The zero-order valence-corrected chi connectivity index (χ0v) is 15.9. The Morgan fingerprint density at radius 3 is 2.76 bits per heavy atom. The summed E-state index contributed by atoms with van der Waals surface area (Å²) in [6.07, 6.45) is 4.34. The molecular formula is C15H19N3O4S3. The van der Waals surface area contributed by atoms with E-state index in [0.29, 0.717) is 19.5 Å². The second-order valence-corrected chi connectivity index (χ2v) is 10.7. The van der Waals surface area contributed by atoms with Crippen LogP contribution in [0.3, 0.4) is 0 Å². The zero-order chi connectivity index (χ0) is 17.9. The van der Waals surface area contributed by atoms with Gasteiger partial charge in [-0.15, -0.1) is 11.3 Å². The van der Waals surface area contributed by atoms with E-state index >= 15 is 0 Å². The molecule has 7 nitrogen and oxygen atoms in total. The highest BCUT2D eigenvalue weighted by Crippen LogP contribution is 2.23. The molecule has 1 saturated heterocycles. The molecule has 2 aromatic rings. The first-order chi connectivity index (χ1) is 11.9. The summed E-state index contributed by atoms with van der Waals surface area (Å²) < 4.78 is 54.0. The summed E-state index contributed by atoms with van der Waals surface area (Å²) in [5.41, 5.74) is 0. The van der Waals surface area contributed by atoms with Gasteiger partial charge in [-0.2, -0.15) is 4.31 Å². The number of hydrogen-bond donors (Lipinski definition) is 1. The minimum absolute atomic E-state index is 0.0602. The summed E-state index contributed by atoms with van der Waals surface area (Å²) in [6, 6.07) is 6.34. The number of pyridine rings is 1. The molecular weight excluding hydrogens is 382 g/mol. The molecule has 0 bridgehead atoms. The normalized spacial score (nSPS) is 19.8. The lowest BCUT2D eigenvalue weighted by Gasteiger charge is -2.31. The van der Waals surface area contributed by atoms with Gasteiger partial charge in [0, 0.05) is 32.0 Å². The van der Waals surface area contributed by atoms with Crippen molar-refractivity contribution >= 4 is 31.4 Å². The summed E-state index contributed by atoms with van der Waals surface area (Å²) in [5.74, 6) is -0.0602. The molecule has 1 fully saturated rings. The van der Waals surface area contributed by atoms with Crippen molar-refractivity contribution in [3.8, 4) is 0 Å². The highest BCUT2D eigenvalue weighted by molar-refractivity contribution is 7.91. The van der Waals surface area contributed by atoms with Crippen molar-refractivity contribution in [1.29, 1.82) is 0 Å². The fourth-order valence-corrected chi connectivity index (χ4v) is 6.45. The van der Waals surface area contributed by atoms with E-state index in [0.717, 1.165) is 17.8 Å². The summed E-state index contributed by atoms with van der Waals surface area (Å²) >= 11 is 1.15. The van der Waals surface area contributed by atoms with Gasteiger partial charge in [-0.05, 0) is 42.3 Å². The fraction of sp³-hybridized carbons (Fsp3) is 0.400. The predicted molar refractivity (Wildman–Crippen MR) is 95.2 cm³/mol. The van der Waals surface area contributed by atoms with Crippen molar-refractivity contribution in [3.05, 3.63) is 42.0 Å². The maximum absolute atomic E-state index is 12.7. The fourth-order valence-electron chi connectivity index (χ4n) is 2.78. The quantitative estimate of drug-likeness (QED) is 0.792. The van der Waals surface area contributed by atoms with E-state index in [1.165, 1.54) is 22.8 Å². The van der Waals surface area contributed by atoms with E-state index in [1.54, 1.807) is 23.6 Å². The van der Waals surface area contributed by atoms with Gasteiger partial charge in [-0.25, -0.2) is 21.6 Å². The second kappa shape index (κ2) is 7.50. The number of hydrogen-bond acceptors (Lipinski definition) is 6. The Bertz CT molecular complexity index is 897. The van der Waals surface area contributed by atoms with Crippen LogP contribution in [0.4, 0.5) is 0 Å². The molecule has 0 spiro atoms. The third-order valence-corrected chi connectivity index (χ3v) is 8.75. The van der Waals surface area contributed by atoms with Gasteiger partial charge in [-0.3, -0.25) is 4.98 Å². The number of nitrogens with one attached hydrogen (secondary N) is 1. The van der Waals surface area contributed by atoms with Gasteiger partial charge in [0.05, 0.1) is 0 Å². The summed E-state index contributed by atoms with van der Waals surface area (Å²) in [7, 11) is -7.13. The average Bonchev–Trinajstić information content (AvgIpc) is 3.17. The van der Waals surface area contributed by atoms with Crippen LogP contribution in [0.2, 0.25) is 0 Å². The summed E-state index contributed by atoms with van der Waals surface area (Å²) in [5, 5.41) is 1.71. The van der Waals surface area contributed by atoms with Crippen LogP contribution in [0.15, 0.2) is 51.1 Å². The Kier molecular flexibility index (Phi) is 5.54. The van der Waals surface area contributed by atoms with Gasteiger partial charge in [0.15, 0.2) is 0 Å². The summed E-state index contributed by atoms with van der Waals surface area (Å²) in [4.78, 5) is 4.03. The first kappa shape index (κ1) is 18.5. The first-order valence-corrected chi connectivity index (χ1v) is 11.6. The molecule has 0 radical (unpaired) electrons. The van der Waals surface area contributed by atoms with Crippen LogP contribution in [-0.2, 0) is 20.0 Å². The maximum Gasteiger partial charge on any atom is 0.250 e. The Hall–Kier alpha value is -1.33. The Morgan fingerprint density at radius 1 is 1.24 bits per heavy atom. The number of piperidine rings is 1. The van der Waals surface area contributed by atoms with Crippen LogP contribution < -0.4 is 4.72 Å². The number of aromatic nitrogens is 1. The van der Waals surface area contributed by atoms with E-state index in [1.807, 2.05) is 0 Å². The van der Waals surface area contributed by atoms with Gasteiger partial charge >= 0.3 is 0 Å². The molecule has 1 aliphatic rings. The standard InChI is InChI=1S/C15H19N3O4S3/c19-24(20,15-6-3-9-23-15)17-10-13-4-2-8-18(12-13)25(21,22)14-5-1-7-16-11-14/h1,3,5-7,9,11,13,17H,2,4,8,10,12H2/t13-/m0/s1. The van der Waals surface area contributed by atoms with Gasteiger partial charge in [0.1, 0.15) is 9.10 Å². The van der Waals surface area contributed by atoms with E-state index in [9.17, 15) is 16.8 Å². The van der Waals surface area contributed by atoms with Crippen LogP contribution in [0.5, 0.6) is 0 Å². The molecule has 1 N–H and O–H groups in total. The molecule has 2 aromatic heterocycles. The second-order valence-electron chi connectivity index (χ2n) is 5.84. The van der Waals surface area contributed by atoms with Crippen LogP contribution in [0.1, 0.15) is 12.8 Å². The highest BCUT2D eigenvalue weighted by Gasteiger charge is 2.31. The molecule has 0 aromatic carbocycles. The molecule has 3 rings (SSSR count). The summed E-state index contributed by atoms with van der Waals surface area (Å²) in [6.45, 7) is 0.953. The van der Waals surface area contributed by atoms with E-state index in [-0.39, 0.29) is 21.6 Å². The number of sulfonamides is 2. The molecule has 0 aliphatic carbocycles. The zero-order valence-electron chi connectivity index (χ0n) is 13.4. The highest BCUT2D eigenvalue weighted by atomic mass is 32.2. The number of nitrogens with zero attached hydrogens (tertiary/aromatic N) is 2. The molecule has 1 atom stereocenters. The van der Waals surface area contributed by atoms with Crippen molar-refractivity contribution in [2.24, 2.45) is 5.92 Å². The van der Waals surface area contributed by atoms with Crippen LogP contribution >= 0.6 is 11.3 Å².